The summed E-state index contributed by atoms with van der Waals surface area (Å²) in [5, 5.41) is 4.37. The van der Waals surface area contributed by atoms with Gasteiger partial charge in [0.1, 0.15) is 6.17 Å². The molecule has 1 saturated carbocycles. The number of carbonyl (C=O) groups is 1. The summed E-state index contributed by atoms with van der Waals surface area (Å²) in [6, 6.07) is 15.3. The Morgan fingerprint density at radius 1 is 1.00 bits per heavy atom. The number of halogens is 2. The molecular weight excluding hydrogens is 343 g/mol. The zero-order valence-corrected chi connectivity index (χ0v) is 14.4. The molecule has 4 rings (SSSR count). The fourth-order valence-electron chi connectivity index (χ4n) is 3.12. The van der Waals surface area contributed by atoms with Crippen LogP contribution in [0, 0.1) is 5.92 Å². The van der Waals surface area contributed by atoms with E-state index in [1.165, 1.54) is 0 Å². The molecule has 1 aliphatic carbocycles. The van der Waals surface area contributed by atoms with Gasteiger partial charge in [-0.1, -0.05) is 41.4 Å². The monoisotopic (exact) mass is 358 g/mol. The molecule has 2 aromatic rings. The van der Waals surface area contributed by atoms with Crippen molar-refractivity contribution in [2.45, 2.75) is 19.0 Å². The van der Waals surface area contributed by atoms with Crippen LogP contribution in [0.5, 0.6) is 0 Å². The molecule has 24 heavy (non-hydrogen) atoms. The van der Waals surface area contributed by atoms with Crippen LogP contribution in [0.4, 0.5) is 5.69 Å². The minimum absolute atomic E-state index is 0.0693. The van der Waals surface area contributed by atoms with Crippen LogP contribution in [0.25, 0.3) is 0 Å². The van der Waals surface area contributed by atoms with Crippen molar-refractivity contribution >= 4 is 34.8 Å². The second kappa shape index (κ2) is 6.15. The van der Waals surface area contributed by atoms with Crippen molar-refractivity contribution in [1.82, 2.24) is 5.32 Å². The van der Waals surface area contributed by atoms with Crippen LogP contribution in [0.15, 0.2) is 60.3 Å². The Labute approximate surface area is 150 Å². The maximum Gasteiger partial charge on any atom is 0.247 e. The molecule has 5 heteroatoms. The number of amides is 1. The molecule has 3 nitrogen and oxygen atoms in total. The number of carbonyl (C=O) groups excluding carboxylic acids is 1. The van der Waals surface area contributed by atoms with Gasteiger partial charge in [-0.15, -0.1) is 0 Å². The first-order chi connectivity index (χ1) is 11.6. The molecule has 122 valence electrons. The van der Waals surface area contributed by atoms with E-state index in [9.17, 15) is 4.79 Å². The van der Waals surface area contributed by atoms with Crippen LogP contribution in [-0.4, -0.2) is 5.91 Å². The van der Waals surface area contributed by atoms with Crippen molar-refractivity contribution in [3.63, 3.8) is 0 Å². The molecule has 1 fully saturated rings. The number of anilines is 1. The highest BCUT2D eigenvalue weighted by molar-refractivity contribution is 6.31. The van der Waals surface area contributed by atoms with Crippen LogP contribution in [-0.2, 0) is 4.79 Å². The molecule has 1 N–H and O–H groups in total. The first-order valence-corrected chi connectivity index (χ1v) is 8.70. The third-order valence-electron chi connectivity index (χ3n) is 4.34. The van der Waals surface area contributed by atoms with E-state index in [0.717, 1.165) is 29.8 Å². The molecule has 1 atom stereocenters. The molecule has 2 aliphatic rings. The molecule has 0 bridgehead atoms. The topological polar surface area (TPSA) is 32.3 Å². The Balaban J connectivity index is 1.84. The van der Waals surface area contributed by atoms with Crippen LogP contribution >= 0.6 is 23.2 Å². The molecule has 1 unspecified atom stereocenters. The standard InChI is InChI=1S/C19H16Cl2N2O/c20-14-4-1-3-13(9-14)19-22-18(24)11-17(12-7-8-12)23(19)16-6-2-5-15(21)10-16/h1-6,9-12,19H,7-8H2,(H,22,24). The zero-order valence-electron chi connectivity index (χ0n) is 12.9. The van der Waals surface area contributed by atoms with Gasteiger partial charge in [-0.3, -0.25) is 4.79 Å². The maximum absolute atomic E-state index is 12.2. The average Bonchev–Trinajstić information content (AvgIpc) is 3.39. The number of hydrogen-bond acceptors (Lipinski definition) is 2. The summed E-state index contributed by atoms with van der Waals surface area (Å²) in [5.74, 6) is 0.358. The molecule has 1 aliphatic heterocycles. The van der Waals surface area contributed by atoms with E-state index in [-0.39, 0.29) is 12.1 Å². The van der Waals surface area contributed by atoms with Crippen LogP contribution in [0.3, 0.4) is 0 Å². The molecule has 2 aromatic carbocycles. The van der Waals surface area contributed by atoms with Gasteiger partial charge in [-0.2, -0.15) is 0 Å². The molecule has 0 saturated heterocycles. The van der Waals surface area contributed by atoms with Crippen molar-refractivity contribution in [2.75, 3.05) is 4.90 Å². The maximum atomic E-state index is 12.2. The third-order valence-corrected chi connectivity index (χ3v) is 4.81. The van der Waals surface area contributed by atoms with E-state index in [0.29, 0.717) is 16.0 Å². The summed E-state index contributed by atoms with van der Waals surface area (Å²) in [7, 11) is 0. The Morgan fingerprint density at radius 3 is 2.38 bits per heavy atom. The third kappa shape index (κ3) is 3.02. The predicted molar refractivity (Wildman–Crippen MR) is 97.1 cm³/mol. The van der Waals surface area contributed by atoms with Gasteiger partial charge in [0.2, 0.25) is 5.91 Å². The van der Waals surface area contributed by atoms with Gasteiger partial charge in [0.25, 0.3) is 0 Å². The van der Waals surface area contributed by atoms with Crippen molar-refractivity contribution in [2.24, 2.45) is 5.92 Å². The van der Waals surface area contributed by atoms with Gasteiger partial charge in [0, 0.05) is 27.5 Å². The smallest absolute Gasteiger partial charge is 0.247 e. The molecule has 0 spiro atoms. The Hall–Kier alpha value is -1.97. The molecule has 1 heterocycles. The van der Waals surface area contributed by atoms with Crippen molar-refractivity contribution in [3.05, 3.63) is 75.9 Å². The first-order valence-electron chi connectivity index (χ1n) is 7.94. The summed E-state index contributed by atoms with van der Waals surface area (Å²) in [6.07, 6.45) is 3.63. The predicted octanol–water partition coefficient (Wildman–Crippen LogP) is 4.92. The zero-order chi connectivity index (χ0) is 16.7. The van der Waals surface area contributed by atoms with Crippen molar-refractivity contribution in [1.29, 1.82) is 0 Å². The molecule has 1 amide bonds. The number of hydrogen-bond donors (Lipinski definition) is 1. The quantitative estimate of drug-likeness (QED) is 0.844. The van der Waals surface area contributed by atoms with Gasteiger partial charge in [0.15, 0.2) is 0 Å². The lowest BCUT2D eigenvalue weighted by molar-refractivity contribution is -0.117. The van der Waals surface area contributed by atoms with Gasteiger partial charge in [-0.25, -0.2) is 0 Å². The molecular formula is C19H16Cl2N2O. The highest BCUT2D eigenvalue weighted by Crippen LogP contribution is 2.44. The lowest BCUT2D eigenvalue weighted by Crippen LogP contribution is -2.45. The number of rotatable bonds is 3. The Morgan fingerprint density at radius 2 is 1.71 bits per heavy atom. The van der Waals surface area contributed by atoms with E-state index in [2.05, 4.69) is 10.2 Å². The van der Waals surface area contributed by atoms with Crippen LogP contribution in [0.2, 0.25) is 10.0 Å². The minimum Gasteiger partial charge on any atom is -0.328 e. The van der Waals surface area contributed by atoms with Gasteiger partial charge < -0.3 is 10.2 Å². The van der Waals surface area contributed by atoms with E-state index < -0.39 is 0 Å². The highest BCUT2D eigenvalue weighted by atomic mass is 35.5. The van der Waals surface area contributed by atoms with Crippen molar-refractivity contribution < 1.29 is 4.79 Å². The largest absolute Gasteiger partial charge is 0.328 e. The van der Waals surface area contributed by atoms with E-state index in [4.69, 9.17) is 23.2 Å². The first kappa shape index (κ1) is 15.6. The van der Waals surface area contributed by atoms with Crippen LogP contribution < -0.4 is 10.2 Å². The summed E-state index contributed by atoms with van der Waals surface area (Å²) in [5.41, 5.74) is 2.96. The van der Waals surface area contributed by atoms with Gasteiger partial charge in [0.05, 0.1) is 0 Å². The minimum atomic E-state index is -0.296. The average molecular weight is 359 g/mol. The Kier molecular flexibility index (Phi) is 3.99. The number of nitrogens with one attached hydrogen (secondary N) is 1. The SMILES string of the molecule is O=C1C=C(C2CC2)N(c2cccc(Cl)c2)C(c2cccc(Cl)c2)N1. The Bertz CT molecular complexity index is 830. The van der Waals surface area contributed by atoms with Gasteiger partial charge in [-0.05, 0) is 54.7 Å². The summed E-state index contributed by atoms with van der Waals surface area (Å²) >= 11 is 12.4. The molecule has 0 radical (unpaired) electrons. The fourth-order valence-corrected chi connectivity index (χ4v) is 3.50. The summed E-state index contributed by atoms with van der Waals surface area (Å²) < 4.78 is 0. The second-order valence-corrected chi connectivity index (χ2v) is 7.03. The normalized spacial score (nSPS) is 20.6. The molecule has 0 aromatic heterocycles. The number of allylic oxidation sites excluding steroid dienone is 1. The fraction of sp³-hybridized carbons (Fsp3) is 0.211. The summed E-state index contributed by atoms with van der Waals surface area (Å²) in [6.45, 7) is 0. The van der Waals surface area contributed by atoms with Crippen LogP contribution in [0.1, 0.15) is 24.6 Å². The van der Waals surface area contributed by atoms with Crippen molar-refractivity contribution in [3.8, 4) is 0 Å². The number of benzene rings is 2. The second-order valence-electron chi connectivity index (χ2n) is 6.16. The lowest BCUT2D eigenvalue weighted by atomic mass is 10.0. The van der Waals surface area contributed by atoms with Gasteiger partial charge >= 0.3 is 0 Å². The lowest BCUT2D eigenvalue weighted by Gasteiger charge is -2.39. The number of nitrogens with zero attached hydrogens (tertiary/aromatic N) is 1. The highest BCUT2D eigenvalue weighted by Gasteiger charge is 2.38. The summed E-state index contributed by atoms with van der Waals surface area (Å²) in [4.78, 5) is 14.4. The van der Waals surface area contributed by atoms with E-state index in [1.807, 2.05) is 48.5 Å². The van der Waals surface area contributed by atoms with E-state index in [1.54, 1.807) is 6.08 Å². The van der Waals surface area contributed by atoms with E-state index >= 15 is 0 Å².